The van der Waals surface area contributed by atoms with Crippen LogP contribution >= 0.6 is 0 Å². The van der Waals surface area contributed by atoms with Gasteiger partial charge in [-0.15, -0.1) is 0 Å². The summed E-state index contributed by atoms with van der Waals surface area (Å²) in [7, 11) is 1.98. The van der Waals surface area contributed by atoms with E-state index in [1.165, 1.54) is 24.3 Å². The van der Waals surface area contributed by atoms with E-state index in [1.54, 1.807) is 0 Å². The normalized spacial score (nSPS) is 11.2. The average Bonchev–Trinajstić information content (AvgIpc) is 2.44. The van der Waals surface area contributed by atoms with Gasteiger partial charge >= 0.3 is 5.97 Å². The lowest BCUT2D eigenvalue weighted by molar-refractivity contribution is 0.0698. The van der Waals surface area contributed by atoms with Crippen LogP contribution in [0, 0.1) is 5.82 Å². The van der Waals surface area contributed by atoms with Crippen molar-refractivity contribution >= 4 is 16.9 Å². The third-order valence-electron chi connectivity index (χ3n) is 3.38. The van der Waals surface area contributed by atoms with Gasteiger partial charge in [-0.3, -0.25) is 4.98 Å². The first kappa shape index (κ1) is 15.4. The van der Waals surface area contributed by atoms with Crippen LogP contribution in [0.1, 0.15) is 35.8 Å². The van der Waals surface area contributed by atoms with Crippen molar-refractivity contribution in [2.24, 2.45) is 0 Å². The monoisotopic (exact) mass is 290 g/mol. The van der Waals surface area contributed by atoms with Crippen molar-refractivity contribution in [1.82, 2.24) is 9.88 Å². The number of pyridine rings is 1. The number of unbranched alkanes of at least 4 members (excludes halogenated alkanes) is 1. The highest BCUT2D eigenvalue weighted by Gasteiger charge is 2.13. The molecule has 0 atom stereocenters. The molecule has 1 N–H and O–H groups in total. The van der Waals surface area contributed by atoms with E-state index >= 15 is 0 Å². The maximum atomic E-state index is 13.3. The highest BCUT2D eigenvalue weighted by Crippen LogP contribution is 2.20. The molecule has 0 amide bonds. The molecular formula is C16H19FN2O2. The summed E-state index contributed by atoms with van der Waals surface area (Å²) in [5.41, 5.74) is 1.29. The number of aromatic carboxylic acids is 1. The summed E-state index contributed by atoms with van der Waals surface area (Å²) in [4.78, 5) is 17.9. The van der Waals surface area contributed by atoms with Crippen LogP contribution < -0.4 is 0 Å². The van der Waals surface area contributed by atoms with Gasteiger partial charge in [0, 0.05) is 11.9 Å². The van der Waals surface area contributed by atoms with Crippen molar-refractivity contribution in [2.45, 2.75) is 26.3 Å². The number of hydrogen-bond donors (Lipinski definition) is 1. The van der Waals surface area contributed by atoms with Crippen LogP contribution in [0.4, 0.5) is 4.39 Å². The average molecular weight is 290 g/mol. The molecule has 1 aromatic heterocycles. The predicted molar refractivity (Wildman–Crippen MR) is 79.9 cm³/mol. The number of hydrogen-bond acceptors (Lipinski definition) is 3. The van der Waals surface area contributed by atoms with Gasteiger partial charge < -0.3 is 10.0 Å². The first-order chi connectivity index (χ1) is 10.0. The van der Waals surface area contributed by atoms with E-state index in [9.17, 15) is 14.3 Å². The van der Waals surface area contributed by atoms with E-state index < -0.39 is 11.8 Å². The number of rotatable bonds is 6. The molecule has 2 rings (SSSR count). The number of carbonyl (C=O) groups is 1. The van der Waals surface area contributed by atoms with Gasteiger partial charge in [0.15, 0.2) is 0 Å². The van der Waals surface area contributed by atoms with Gasteiger partial charge in [-0.2, -0.15) is 0 Å². The summed E-state index contributed by atoms with van der Waals surface area (Å²) in [5.74, 6) is -1.52. The molecule has 0 saturated heterocycles. The van der Waals surface area contributed by atoms with Gasteiger partial charge in [0.2, 0.25) is 0 Å². The van der Waals surface area contributed by atoms with E-state index in [-0.39, 0.29) is 5.56 Å². The molecule has 0 aliphatic carbocycles. The molecule has 5 heteroatoms. The lowest BCUT2D eigenvalue weighted by Crippen LogP contribution is -2.20. The summed E-state index contributed by atoms with van der Waals surface area (Å²) >= 11 is 0. The summed E-state index contributed by atoms with van der Waals surface area (Å²) < 4.78 is 13.3. The summed E-state index contributed by atoms with van der Waals surface area (Å²) in [6.45, 7) is 3.63. The highest BCUT2D eigenvalue weighted by atomic mass is 19.1. The van der Waals surface area contributed by atoms with E-state index in [0.717, 1.165) is 19.4 Å². The molecular weight excluding hydrogens is 271 g/mol. The molecule has 112 valence electrons. The van der Waals surface area contributed by atoms with E-state index in [2.05, 4.69) is 16.8 Å². The van der Waals surface area contributed by atoms with E-state index in [0.29, 0.717) is 23.1 Å². The Bertz CT molecular complexity index is 658. The van der Waals surface area contributed by atoms with E-state index in [4.69, 9.17) is 0 Å². The Morgan fingerprint density at radius 1 is 1.38 bits per heavy atom. The molecule has 0 saturated carbocycles. The highest BCUT2D eigenvalue weighted by molar-refractivity contribution is 6.02. The van der Waals surface area contributed by atoms with Crippen molar-refractivity contribution in [1.29, 1.82) is 0 Å². The van der Waals surface area contributed by atoms with Crippen LogP contribution in [0.2, 0.25) is 0 Å². The second-order valence-electron chi connectivity index (χ2n) is 5.22. The lowest BCUT2D eigenvalue weighted by atomic mass is 10.1. The molecule has 0 radical (unpaired) electrons. The van der Waals surface area contributed by atoms with Gasteiger partial charge in [0.25, 0.3) is 0 Å². The SMILES string of the molecule is CCCCN(C)Cc1cc(C(=O)O)c2cc(F)ccc2n1. The van der Waals surface area contributed by atoms with Crippen molar-refractivity contribution in [2.75, 3.05) is 13.6 Å². The second-order valence-corrected chi connectivity index (χ2v) is 5.22. The molecule has 21 heavy (non-hydrogen) atoms. The van der Waals surface area contributed by atoms with Crippen LogP contribution in [0.25, 0.3) is 10.9 Å². The molecule has 0 bridgehead atoms. The molecule has 1 heterocycles. The minimum Gasteiger partial charge on any atom is -0.478 e. The van der Waals surface area contributed by atoms with Crippen LogP contribution in [0.5, 0.6) is 0 Å². The number of halogens is 1. The predicted octanol–water partition coefficient (Wildman–Crippen LogP) is 3.30. The van der Waals surface area contributed by atoms with Crippen LogP contribution in [-0.4, -0.2) is 34.6 Å². The summed E-state index contributed by atoms with van der Waals surface area (Å²) in [6, 6.07) is 5.57. The number of benzene rings is 1. The number of fused-ring (bicyclic) bond motifs is 1. The standard InChI is InChI=1S/C16H19FN2O2/c1-3-4-7-19(2)10-12-9-14(16(20)21)13-8-11(17)5-6-15(13)18-12/h5-6,8-9H,3-4,7,10H2,1-2H3,(H,20,21). The van der Waals surface area contributed by atoms with Crippen molar-refractivity contribution < 1.29 is 14.3 Å². The zero-order chi connectivity index (χ0) is 15.4. The zero-order valence-corrected chi connectivity index (χ0v) is 12.3. The van der Waals surface area contributed by atoms with Crippen LogP contribution in [-0.2, 0) is 6.54 Å². The maximum absolute atomic E-state index is 13.3. The number of nitrogens with zero attached hydrogens (tertiary/aromatic N) is 2. The molecule has 0 fully saturated rings. The molecule has 4 nitrogen and oxygen atoms in total. The minimum atomic E-state index is -1.06. The smallest absolute Gasteiger partial charge is 0.336 e. The van der Waals surface area contributed by atoms with E-state index in [1.807, 2.05) is 7.05 Å². The van der Waals surface area contributed by atoms with Crippen molar-refractivity contribution in [3.05, 3.63) is 41.3 Å². The number of carboxylic acid groups (broad SMARTS) is 1. The Kier molecular flexibility index (Phi) is 4.85. The first-order valence-corrected chi connectivity index (χ1v) is 7.02. The van der Waals surface area contributed by atoms with Crippen molar-refractivity contribution in [3.8, 4) is 0 Å². The maximum Gasteiger partial charge on any atom is 0.336 e. The Hall–Kier alpha value is -2.01. The van der Waals surface area contributed by atoms with Crippen molar-refractivity contribution in [3.63, 3.8) is 0 Å². The Morgan fingerprint density at radius 3 is 2.81 bits per heavy atom. The zero-order valence-electron chi connectivity index (χ0n) is 12.3. The van der Waals surface area contributed by atoms with Crippen LogP contribution in [0.15, 0.2) is 24.3 Å². The topological polar surface area (TPSA) is 53.4 Å². The summed E-state index contributed by atoms with van der Waals surface area (Å²) in [5, 5.41) is 9.65. The second kappa shape index (κ2) is 6.63. The van der Waals surface area contributed by atoms with Gasteiger partial charge in [-0.25, -0.2) is 9.18 Å². The number of aromatic nitrogens is 1. The Morgan fingerprint density at radius 2 is 2.14 bits per heavy atom. The fourth-order valence-corrected chi connectivity index (χ4v) is 2.29. The first-order valence-electron chi connectivity index (χ1n) is 7.02. The van der Waals surface area contributed by atoms with Gasteiger partial charge in [-0.1, -0.05) is 13.3 Å². The fourth-order valence-electron chi connectivity index (χ4n) is 2.29. The van der Waals surface area contributed by atoms with Gasteiger partial charge in [-0.05, 0) is 44.3 Å². The molecule has 0 spiro atoms. The van der Waals surface area contributed by atoms with Crippen LogP contribution in [0.3, 0.4) is 0 Å². The molecule has 2 aromatic rings. The molecule has 0 unspecified atom stereocenters. The molecule has 1 aromatic carbocycles. The quantitative estimate of drug-likeness (QED) is 0.887. The van der Waals surface area contributed by atoms with Gasteiger partial charge in [0.05, 0.1) is 16.8 Å². The Labute approximate surface area is 123 Å². The molecule has 0 aliphatic rings. The third kappa shape index (κ3) is 3.76. The minimum absolute atomic E-state index is 0.0957. The largest absolute Gasteiger partial charge is 0.478 e. The molecule has 0 aliphatic heterocycles. The Balaban J connectivity index is 2.38. The number of carboxylic acids is 1. The fraction of sp³-hybridized carbons (Fsp3) is 0.375. The van der Waals surface area contributed by atoms with Gasteiger partial charge in [0.1, 0.15) is 5.82 Å². The third-order valence-corrected chi connectivity index (χ3v) is 3.38. The summed E-state index contributed by atoms with van der Waals surface area (Å²) in [6.07, 6.45) is 2.19. The lowest BCUT2D eigenvalue weighted by Gasteiger charge is -2.16.